The summed E-state index contributed by atoms with van der Waals surface area (Å²) in [4.78, 5) is 25.0. The zero-order chi connectivity index (χ0) is 17.2. The molecule has 0 aromatic carbocycles. The van der Waals surface area contributed by atoms with E-state index in [-0.39, 0.29) is 23.7 Å². The van der Waals surface area contributed by atoms with Crippen LogP contribution in [0, 0.1) is 19.3 Å². The Morgan fingerprint density at radius 1 is 1.38 bits per heavy atom. The van der Waals surface area contributed by atoms with Gasteiger partial charge in [-0.15, -0.1) is 23.7 Å². The zero-order valence-corrected chi connectivity index (χ0v) is 17.2. The second-order valence-electron chi connectivity index (χ2n) is 6.55. The number of thioether (sulfide) groups is 1. The van der Waals surface area contributed by atoms with E-state index in [1.807, 2.05) is 7.05 Å². The van der Waals surface area contributed by atoms with Gasteiger partial charge in [0, 0.05) is 23.9 Å². The first-order valence-corrected chi connectivity index (χ1v) is 9.33. The van der Waals surface area contributed by atoms with E-state index in [9.17, 15) is 4.79 Å². The summed E-state index contributed by atoms with van der Waals surface area (Å²) in [5, 5.41) is 1.97. The highest BCUT2D eigenvalue weighted by molar-refractivity contribution is 8.00. The Morgan fingerprint density at radius 3 is 2.67 bits per heavy atom. The van der Waals surface area contributed by atoms with Gasteiger partial charge in [0.25, 0.3) is 0 Å². The lowest BCUT2D eigenvalue weighted by atomic mass is 9.93. The molecule has 8 heteroatoms. The molecule has 0 aliphatic carbocycles. The molecule has 0 saturated heterocycles. The van der Waals surface area contributed by atoms with E-state index in [1.54, 1.807) is 22.6 Å². The predicted octanol–water partition coefficient (Wildman–Crippen LogP) is 3.27. The van der Waals surface area contributed by atoms with E-state index >= 15 is 0 Å². The fourth-order valence-corrected chi connectivity index (χ4v) is 4.35. The Kier molecular flexibility index (Phi) is 7.46. The fraction of sp³-hybridized carbons (Fsp3) is 0.562. The van der Waals surface area contributed by atoms with Crippen molar-refractivity contribution in [1.29, 1.82) is 0 Å². The molecule has 0 atom stereocenters. The number of hydrogen-bond acceptors (Lipinski definition) is 6. The summed E-state index contributed by atoms with van der Waals surface area (Å²) in [5.41, 5.74) is 6.88. The molecule has 1 amide bonds. The average molecular weight is 389 g/mol. The molecule has 2 N–H and O–H groups in total. The Balaban J connectivity index is 0.00000288. The maximum absolute atomic E-state index is 12.4. The molecule has 134 valence electrons. The highest BCUT2D eigenvalue weighted by Crippen LogP contribution is 2.34. The number of fused-ring (bicyclic) bond motifs is 1. The molecule has 0 radical (unpaired) electrons. The van der Waals surface area contributed by atoms with Crippen LogP contribution in [0.15, 0.2) is 11.4 Å². The summed E-state index contributed by atoms with van der Waals surface area (Å²) in [7, 11) is 1.83. The van der Waals surface area contributed by atoms with Crippen LogP contribution in [0.1, 0.15) is 24.3 Å². The number of nitrogens with two attached hydrogens (primary N) is 1. The Labute approximate surface area is 157 Å². The number of amides is 1. The summed E-state index contributed by atoms with van der Waals surface area (Å²) < 4.78 is 0. The quantitative estimate of drug-likeness (QED) is 0.607. The van der Waals surface area contributed by atoms with E-state index in [2.05, 4.69) is 37.7 Å². The summed E-state index contributed by atoms with van der Waals surface area (Å²) in [5.74, 6) is 0.463. The minimum absolute atomic E-state index is 0. The predicted molar refractivity (Wildman–Crippen MR) is 105 cm³/mol. The van der Waals surface area contributed by atoms with Gasteiger partial charge in [0.05, 0.1) is 5.75 Å². The summed E-state index contributed by atoms with van der Waals surface area (Å²) >= 11 is 3.15. The van der Waals surface area contributed by atoms with Gasteiger partial charge in [0.1, 0.15) is 16.2 Å². The van der Waals surface area contributed by atoms with Crippen LogP contribution < -0.4 is 5.73 Å². The van der Waals surface area contributed by atoms with Crippen LogP contribution in [-0.4, -0.2) is 46.7 Å². The highest BCUT2D eigenvalue weighted by atomic mass is 35.5. The Hall–Kier alpha value is -0.890. The first-order chi connectivity index (χ1) is 10.7. The number of nitrogens with zero attached hydrogens (tertiary/aromatic N) is 3. The van der Waals surface area contributed by atoms with Crippen LogP contribution in [-0.2, 0) is 4.79 Å². The zero-order valence-electron chi connectivity index (χ0n) is 14.8. The second-order valence-corrected chi connectivity index (χ2v) is 8.72. The van der Waals surface area contributed by atoms with Crippen molar-refractivity contribution >= 4 is 51.6 Å². The molecule has 0 fully saturated rings. The standard InChI is InChI=1S/C16H24N4OS2.ClH/c1-10-11(2)23-15-13(10)14(18-9-19-15)22-6-12(21)20(5)8-16(3,4)7-17;/h9H,6-8,17H2,1-5H3;1H. The number of carbonyl (C=O) groups excluding carboxylic acids is 1. The first-order valence-electron chi connectivity index (χ1n) is 7.52. The minimum Gasteiger partial charge on any atom is -0.344 e. The van der Waals surface area contributed by atoms with Gasteiger partial charge in [-0.25, -0.2) is 9.97 Å². The molecule has 0 spiro atoms. The Morgan fingerprint density at radius 2 is 2.04 bits per heavy atom. The molecule has 0 saturated carbocycles. The normalized spacial score (nSPS) is 11.4. The lowest BCUT2D eigenvalue weighted by Gasteiger charge is -2.29. The van der Waals surface area contributed by atoms with Crippen LogP contribution in [0.4, 0.5) is 0 Å². The van der Waals surface area contributed by atoms with Gasteiger partial charge in [-0.1, -0.05) is 25.6 Å². The SMILES string of the molecule is Cc1sc2ncnc(SCC(=O)N(C)CC(C)(C)CN)c2c1C.Cl. The van der Waals surface area contributed by atoms with Gasteiger partial charge >= 0.3 is 0 Å². The first kappa shape index (κ1) is 21.2. The molecule has 2 rings (SSSR count). The van der Waals surface area contributed by atoms with Crippen LogP contribution in [0.3, 0.4) is 0 Å². The van der Waals surface area contributed by atoms with E-state index in [0.29, 0.717) is 18.8 Å². The number of aromatic nitrogens is 2. The number of aryl methyl sites for hydroxylation is 2. The third-order valence-corrected chi connectivity index (χ3v) is 6.00. The van der Waals surface area contributed by atoms with Gasteiger partial charge in [-0.2, -0.15) is 0 Å². The maximum atomic E-state index is 12.4. The maximum Gasteiger partial charge on any atom is 0.232 e. The van der Waals surface area contributed by atoms with Crippen molar-refractivity contribution in [3.8, 4) is 0 Å². The Bertz CT molecular complexity index is 717. The summed E-state index contributed by atoms with van der Waals surface area (Å²) in [6.45, 7) is 9.50. The third kappa shape index (κ3) is 4.81. The third-order valence-electron chi connectivity index (χ3n) is 3.91. The van der Waals surface area contributed by atoms with Crippen LogP contribution in [0.25, 0.3) is 10.2 Å². The van der Waals surface area contributed by atoms with Gasteiger partial charge in [-0.05, 0) is 31.4 Å². The minimum atomic E-state index is -0.0711. The van der Waals surface area contributed by atoms with Gasteiger partial charge in [0.2, 0.25) is 5.91 Å². The largest absolute Gasteiger partial charge is 0.344 e. The number of thiophene rings is 1. The molecule has 0 aliphatic heterocycles. The monoisotopic (exact) mass is 388 g/mol. The molecule has 0 unspecified atom stereocenters. The molecule has 0 aliphatic rings. The second kappa shape index (κ2) is 8.47. The van der Waals surface area contributed by atoms with Crippen molar-refractivity contribution in [2.24, 2.45) is 11.1 Å². The van der Waals surface area contributed by atoms with E-state index in [4.69, 9.17) is 5.73 Å². The highest BCUT2D eigenvalue weighted by Gasteiger charge is 2.21. The van der Waals surface area contributed by atoms with Crippen molar-refractivity contribution < 1.29 is 4.79 Å². The topological polar surface area (TPSA) is 72.1 Å². The molecule has 2 aromatic rings. The van der Waals surface area contributed by atoms with E-state index in [1.165, 1.54) is 22.2 Å². The van der Waals surface area contributed by atoms with Crippen molar-refractivity contribution in [2.75, 3.05) is 25.9 Å². The lowest BCUT2D eigenvalue weighted by molar-refractivity contribution is -0.128. The van der Waals surface area contributed by atoms with Crippen LogP contribution >= 0.6 is 35.5 Å². The average Bonchev–Trinajstić information content (AvgIpc) is 2.80. The molecule has 0 bridgehead atoms. The van der Waals surface area contributed by atoms with E-state index in [0.717, 1.165) is 15.2 Å². The van der Waals surface area contributed by atoms with Crippen molar-refractivity contribution in [2.45, 2.75) is 32.7 Å². The van der Waals surface area contributed by atoms with E-state index < -0.39 is 0 Å². The van der Waals surface area contributed by atoms with Crippen molar-refractivity contribution in [1.82, 2.24) is 14.9 Å². The fourth-order valence-electron chi connectivity index (χ4n) is 2.29. The summed E-state index contributed by atoms with van der Waals surface area (Å²) in [6.07, 6.45) is 1.58. The van der Waals surface area contributed by atoms with Gasteiger partial charge in [-0.3, -0.25) is 4.79 Å². The molecule has 2 aromatic heterocycles. The number of halogens is 1. The number of carbonyl (C=O) groups is 1. The van der Waals surface area contributed by atoms with Gasteiger partial charge in [0.15, 0.2) is 0 Å². The van der Waals surface area contributed by atoms with Crippen LogP contribution in [0.2, 0.25) is 0 Å². The molecule has 24 heavy (non-hydrogen) atoms. The molecule has 5 nitrogen and oxygen atoms in total. The summed E-state index contributed by atoms with van der Waals surface area (Å²) in [6, 6.07) is 0. The molecular weight excluding hydrogens is 364 g/mol. The lowest BCUT2D eigenvalue weighted by Crippen LogP contribution is -2.40. The number of hydrogen-bond donors (Lipinski definition) is 1. The smallest absolute Gasteiger partial charge is 0.232 e. The van der Waals surface area contributed by atoms with Crippen LogP contribution in [0.5, 0.6) is 0 Å². The van der Waals surface area contributed by atoms with Crippen molar-refractivity contribution in [3.05, 3.63) is 16.8 Å². The molecule has 2 heterocycles. The molecular formula is C16H25ClN4OS2. The number of rotatable bonds is 6. The van der Waals surface area contributed by atoms with Gasteiger partial charge < -0.3 is 10.6 Å². The van der Waals surface area contributed by atoms with Crippen molar-refractivity contribution in [3.63, 3.8) is 0 Å².